The van der Waals surface area contributed by atoms with Crippen LogP contribution < -0.4 is 10.5 Å². The molecule has 7 nitrogen and oxygen atoms in total. The molecule has 2 aromatic rings. The molecule has 9 heteroatoms. The van der Waals surface area contributed by atoms with Gasteiger partial charge in [0.15, 0.2) is 0 Å². The van der Waals surface area contributed by atoms with Crippen molar-refractivity contribution in [3.05, 3.63) is 44.6 Å². The highest BCUT2D eigenvalue weighted by Gasteiger charge is 2.19. The molecule has 0 fully saturated rings. The molecule has 2 rings (SSSR count). The van der Waals surface area contributed by atoms with Crippen LogP contribution in [0.5, 0.6) is 11.6 Å². The van der Waals surface area contributed by atoms with Crippen LogP contribution >= 0.6 is 23.2 Å². The maximum Gasteiger partial charge on any atom is 0.313 e. The van der Waals surface area contributed by atoms with E-state index in [2.05, 4.69) is 9.97 Å². The molecule has 0 unspecified atom stereocenters. The molecule has 0 aliphatic heterocycles. The third-order valence-corrected chi connectivity index (χ3v) is 2.78. The van der Waals surface area contributed by atoms with Gasteiger partial charge in [-0.2, -0.15) is 4.98 Å². The maximum absolute atomic E-state index is 10.9. The Kier molecular flexibility index (Phi) is 3.68. The first-order valence-corrected chi connectivity index (χ1v) is 5.63. The number of hydrogen-bond acceptors (Lipinski definition) is 6. The fraction of sp³-hybridized carbons (Fsp3) is 0. The van der Waals surface area contributed by atoms with Crippen molar-refractivity contribution in [3.8, 4) is 11.6 Å². The summed E-state index contributed by atoms with van der Waals surface area (Å²) in [5, 5.41) is 11.1. The summed E-state index contributed by atoms with van der Waals surface area (Å²) in [6, 6.07) is 3.74. The molecule has 0 radical (unpaired) electrons. The van der Waals surface area contributed by atoms with Crippen LogP contribution in [-0.2, 0) is 0 Å². The summed E-state index contributed by atoms with van der Waals surface area (Å²) >= 11 is 11.5. The maximum atomic E-state index is 10.9. The lowest BCUT2D eigenvalue weighted by Gasteiger charge is -2.06. The Morgan fingerprint density at radius 1 is 1.32 bits per heavy atom. The molecule has 0 atom stereocenters. The van der Waals surface area contributed by atoms with Crippen molar-refractivity contribution >= 4 is 34.8 Å². The van der Waals surface area contributed by atoms with Gasteiger partial charge in [0.1, 0.15) is 0 Å². The molecule has 1 heterocycles. The van der Waals surface area contributed by atoms with Crippen LogP contribution in [0.25, 0.3) is 0 Å². The number of nitrogen functional groups attached to an aromatic ring is 1. The standard InChI is InChI=1S/C10H6Cl2N4O3/c11-5-3-7(16(17)18)8(4-6(5)12)19-9-1-2-14-10(13)15-9/h1-4H,(H2,13,14,15). The lowest BCUT2D eigenvalue weighted by Crippen LogP contribution is -1.98. The van der Waals surface area contributed by atoms with E-state index in [9.17, 15) is 10.1 Å². The molecular formula is C10H6Cl2N4O3. The van der Waals surface area contributed by atoms with Gasteiger partial charge < -0.3 is 10.5 Å². The molecule has 1 aromatic heterocycles. The minimum absolute atomic E-state index is 0.0137. The number of benzene rings is 1. The summed E-state index contributed by atoms with van der Waals surface area (Å²) in [5.41, 5.74) is 5.05. The van der Waals surface area contributed by atoms with E-state index in [0.29, 0.717) is 0 Å². The van der Waals surface area contributed by atoms with Crippen molar-refractivity contribution in [2.75, 3.05) is 5.73 Å². The largest absolute Gasteiger partial charge is 0.432 e. The number of nitro groups is 1. The van der Waals surface area contributed by atoms with Gasteiger partial charge in [0.2, 0.25) is 17.6 Å². The van der Waals surface area contributed by atoms with Gasteiger partial charge in [-0.1, -0.05) is 23.2 Å². The molecule has 2 N–H and O–H groups in total. The minimum atomic E-state index is -0.637. The predicted molar refractivity (Wildman–Crippen MR) is 69.6 cm³/mol. The van der Waals surface area contributed by atoms with E-state index in [1.165, 1.54) is 18.3 Å². The zero-order chi connectivity index (χ0) is 14.0. The van der Waals surface area contributed by atoms with Crippen LogP contribution in [0.15, 0.2) is 24.4 Å². The van der Waals surface area contributed by atoms with Crippen molar-refractivity contribution in [2.45, 2.75) is 0 Å². The van der Waals surface area contributed by atoms with Gasteiger partial charge in [0.25, 0.3) is 0 Å². The van der Waals surface area contributed by atoms with Crippen molar-refractivity contribution in [2.24, 2.45) is 0 Å². The molecule has 0 spiro atoms. The zero-order valence-corrected chi connectivity index (χ0v) is 10.7. The Balaban J connectivity index is 2.44. The number of anilines is 1. The van der Waals surface area contributed by atoms with E-state index in [4.69, 9.17) is 33.7 Å². The van der Waals surface area contributed by atoms with Crippen LogP contribution in [-0.4, -0.2) is 14.9 Å². The Bertz CT molecular complexity index is 651. The van der Waals surface area contributed by atoms with Gasteiger partial charge in [-0.15, -0.1) is 0 Å². The SMILES string of the molecule is Nc1nccc(Oc2cc(Cl)c(Cl)cc2[N+](=O)[O-])n1. The Hall–Kier alpha value is -2.12. The molecular weight excluding hydrogens is 295 g/mol. The summed E-state index contributed by atoms with van der Waals surface area (Å²) < 4.78 is 5.27. The van der Waals surface area contributed by atoms with E-state index in [1.54, 1.807) is 0 Å². The minimum Gasteiger partial charge on any atom is -0.432 e. The smallest absolute Gasteiger partial charge is 0.313 e. The van der Waals surface area contributed by atoms with Gasteiger partial charge in [-0.25, -0.2) is 4.98 Å². The first-order chi connectivity index (χ1) is 8.97. The van der Waals surface area contributed by atoms with Gasteiger partial charge in [-0.3, -0.25) is 10.1 Å². The normalized spacial score (nSPS) is 10.2. The van der Waals surface area contributed by atoms with Gasteiger partial charge >= 0.3 is 5.69 Å². The monoisotopic (exact) mass is 300 g/mol. The third-order valence-electron chi connectivity index (χ3n) is 2.06. The van der Waals surface area contributed by atoms with Gasteiger partial charge in [0.05, 0.1) is 15.0 Å². The summed E-state index contributed by atoms with van der Waals surface area (Å²) in [7, 11) is 0. The van der Waals surface area contributed by atoms with Crippen LogP contribution in [0, 0.1) is 10.1 Å². The van der Waals surface area contributed by atoms with Crippen LogP contribution in [0.3, 0.4) is 0 Å². The van der Waals surface area contributed by atoms with Crippen molar-refractivity contribution in [1.29, 1.82) is 0 Å². The number of nitrogens with two attached hydrogens (primary N) is 1. The number of rotatable bonds is 3. The number of hydrogen-bond donors (Lipinski definition) is 1. The second-order valence-corrected chi connectivity index (χ2v) is 4.16. The summed E-state index contributed by atoms with van der Waals surface area (Å²) in [6.45, 7) is 0. The lowest BCUT2D eigenvalue weighted by molar-refractivity contribution is -0.385. The van der Waals surface area contributed by atoms with E-state index in [0.717, 1.165) is 6.07 Å². The first kappa shape index (κ1) is 13.3. The second-order valence-electron chi connectivity index (χ2n) is 3.35. The number of ether oxygens (including phenoxy) is 1. The molecule has 98 valence electrons. The summed E-state index contributed by atoms with van der Waals surface area (Å²) in [4.78, 5) is 17.7. The first-order valence-electron chi connectivity index (χ1n) is 4.87. The molecule has 0 saturated carbocycles. The average molecular weight is 301 g/mol. The van der Waals surface area contributed by atoms with E-state index >= 15 is 0 Å². The summed E-state index contributed by atoms with van der Waals surface area (Å²) in [6.07, 6.45) is 1.36. The van der Waals surface area contributed by atoms with Crippen LogP contribution in [0.1, 0.15) is 0 Å². The zero-order valence-electron chi connectivity index (χ0n) is 9.21. The highest BCUT2D eigenvalue weighted by Crippen LogP contribution is 2.37. The van der Waals surface area contributed by atoms with E-state index in [1.807, 2.05) is 0 Å². The lowest BCUT2D eigenvalue weighted by atomic mass is 10.3. The topological polar surface area (TPSA) is 104 Å². The van der Waals surface area contributed by atoms with Crippen molar-refractivity contribution in [1.82, 2.24) is 9.97 Å². The highest BCUT2D eigenvalue weighted by atomic mass is 35.5. The number of halogens is 2. The van der Waals surface area contributed by atoms with Gasteiger partial charge in [0, 0.05) is 24.4 Å². The summed E-state index contributed by atoms with van der Waals surface area (Å²) in [5.74, 6) is -0.0355. The van der Waals surface area contributed by atoms with Crippen LogP contribution in [0.4, 0.5) is 11.6 Å². The average Bonchev–Trinajstić information content (AvgIpc) is 2.33. The second kappa shape index (κ2) is 5.25. The third kappa shape index (κ3) is 3.01. The molecule has 1 aromatic carbocycles. The molecule has 0 amide bonds. The molecule has 0 aliphatic rings. The van der Waals surface area contributed by atoms with Gasteiger partial charge in [-0.05, 0) is 0 Å². The predicted octanol–water partition coefficient (Wildman–Crippen LogP) is 3.07. The number of nitro benzene ring substituents is 1. The van der Waals surface area contributed by atoms with Crippen molar-refractivity contribution < 1.29 is 9.66 Å². The van der Waals surface area contributed by atoms with E-state index in [-0.39, 0.29) is 33.3 Å². The van der Waals surface area contributed by atoms with Crippen molar-refractivity contribution in [3.63, 3.8) is 0 Å². The Morgan fingerprint density at radius 3 is 2.63 bits per heavy atom. The quantitative estimate of drug-likeness (QED) is 0.690. The Morgan fingerprint density at radius 2 is 2.00 bits per heavy atom. The number of nitrogens with zero attached hydrogens (tertiary/aromatic N) is 3. The fourth-order valence-corrected chi connectivity index (χ4v) is 1.58. The Labute approximate surface area is 117 Å². The number of aromatic nitrogens is 2. The fourth-order valence-electron chi connectivity index (χ4n) is 1.27. The molecule has 0 bridgehead atoms. The molecule has 19 heavy (non-hydrogen) atoms. The molecule has 0 saturated heterocycles. The van der Waals surface area contributed by atoms with E-state index < -0.39 is 4.92 Å². The molecule has 0 aliphatic carbocycles. The highest BCUT2D eigenvalue weighted by molar-refractivity contribution is 6.42. The van der Waals surface area contributed by atoms with Crippen LogP contribution in [0.2, 0.25) is 10.0 Å².